The fraction of sp³-hybridized carbons (Fsp3) is 0.233. The zero-order valence-corrected chi connectivity index (χ0v) is 27.2. The number of nitrogens with zero attached hydrogens (tertiary/aromatic N) is 4. The van der Waals surface area contributed by atoms with Crippen molar-refractivity contribution >= 4 is 45.1 Å². The summed E-state index contributed by atoms with van der Waals surface area (Å²) in [5.74, 6) is 0.322. The third kappa shape index (κ3) is 4.06. The first-order chi connectivity index (χ1) is 23.7. The molecular formula is C43H39N5. The molecule has 5 atom stereocenters. The molecule has 1 aromatic heterocycles. The van der Waals surface area contributed by atoms with Crippen LogP contribution in [-0.2, 0) is 0 Å². The molecule has 5 heterocycles. The minimum absolute atomic E-state index is 0.0788. The van der Waals surface area contributed by atoms with E-state index < -0.39 is 0 Å². The number of nitrogens with one attached hydrogen (secondary N) is 1. The number of aromatic nitrogens is 1. The lowest BCUT2D eigenvalue weighted by Gasteiger charge is -2.34. The van der Waals surface area contributed by atoms with E-state index in [2.05, 4.69) is 160 Å². The van der Waals surface area contributed by atoms with Gasteiger partial charge in [-0.3, -0.25) is 4.99 Å². The van der Waals surface area contributed by atoms with Crippen molar-refractivity contribution in [2.24, 2.45) is 10.4 Å². The van der Waals surface area contributed by atoms with Crippen LogP contribution in [0.3, 0.4) is 0 Å². The van der Waals surface area contributed by atoms with E-state index in [0.717, 1.165) is 25.7 Å². The van der Waals surface area contributed by atoms with Crippen LogP contribution in [0.25, 0.3) is 33.2 Å². The molecule has 3 aromatic carbocycles. The van der Waals surface area contributed by atoms with Crippen LogP contribution in [0, 0.1) is 5.41 Å². The minimum Gasteiger partial charge on any atom is -0.363 e. The van der Waals surface area contributed by atoms with Gasteiger partial charge in [-0.2, -0.15) is 0 Å². The van der Waals surface area contributed by atoms with E-state index in [-0.39, 0.29) is 17.7 Å². The summed E-state index contributed by atoms with van der Waals surface area (Å²) in [7, 11) is 0. The highest BCUT2D eigenvalue weighted by Crippen LogP contribution is 2.51. The van der Waals surface area contributed by atoms with Gasteiger partial charge in [0.2, 0.25) is 0 Å². The maximum atomic E-state index is 4.99. The summed E-state index contributed by atoms with van der Waals surface area (Å²) in [5, 5.41) is 6.59. The summed E-state index contributed by atoms with van der Waals surface area (Å²) >= 11 is 0. The Labute approximate surface area is 281 Å². The van der Waals surface area contributed by atoms with Gasteiger partial charge < -0.3 is 19.7 Å². The minimum atomic E-state index is -0.0789. The second-order valence-electron chi connectivity index (χ2n) is 14.1. The Balaban J connectivity index is 0.952. The van der Waals surface area contributed by atoms with Crippen molar-refractivity contribution in [3.05, 3.63) is 151 Å². The summed E-state index contributed by atoms with van der Waals surface area (Å²) in [6.07, 6.45) is 31.3. The normalized spacial score (nSPS) is 28.3. The largest absolute Gasteiger partial charge is 0.363 e. The van der Waals surface area contributed by atoms with Crippen LogP contribution in [0.2, 0.25) is 0 Å². The molecule has 1 N–H and O–H groups in total. The molecule has 0 saturated carbocycles. The molecule has 1 fully saturated rings. The van der Waals surface area contributed by atoms with Gasteiger partial charge >= 0.3 is 0 Å². The van der Waals surface area contributed by atoms with Gasteiger partial charge in [0.05, 0.1) is 22.8 Å². The number of para-hydroxylation sites is 1. The maximum absolute atomic E-state index is 4.99. The van der Waals surface area contributed by atoms with E-state index in [1.807, 2.05) is 6.21 Å². The molecule has 5 heteroatoms. The first-order valence-corrected chi connectivity index (χ1v) is 17.5. The second-order valence-corrected chi connectivity index (χ2v) is 14.1. The molecule has 1 saturated heterocycles. The van der Waals surface area contributed by atoms with Crippen LogP contribution in [0.1, 0.15) is 49.7 Å². The SMILES string of the molecule is CC12C=CC=NC1N(c1ccc(C3=CN4C=CCC(c5ccc6c7ccccc7n(C7=CC=CCC7)c6c5)C4N3)cc1)[C@H]1CC=CC=C12. The quantitative estimate of drug-likeness (QED) is 0.246. The van der Waals surface area contributed by atoms with Gasteiger partial charge in [0.15, 0.2) is 0 Å². The van der Waals surface area contributed by atoms with E-state index in [4.69, 9.17) is 4.99 Å². The monoisotopic (exact) mass is 625 g/mol. The van der Waals surface area contributed by atoms with Crippen LogP contribution < -0.4 is 10.2 Å². The summed E-state index contributed by atoms with van der Waals surface area (Å²) in [4.78, 5) is 9.90. The smallest absolute Gasteiger partial charge is 0.134 e. The molecule has 4 unspecified atom stereocenters. The number of hydrogen-bond donors (Lipinski definition) is 1. The van der Waals surface area contributed by atoms with Crippen molar-refractivity contribution in [2.75, 3.05) is 4.90 Å². The molecule has 4 aliphatic heterocycles. The summed E-state index contributed by atoms with van der Waals surface area (Å²) < 4.78 is 2.50. The lowest BCUT2D eigenvalue weighted by atomic mass is 9.77. The van der Waals surface area contributed by atoms with E-state index in [9.17, 15) is 0 Å². The predicted molar refractivity (Wildman–Crippen MR) is 199 cm³/mol. The molecule has 0 bridgehead atoms. The second kappa shape index (κ2) is 10.6. The first-order valence-electron chi connectivity index (χ1n) is 17.5. The van der Waals surface area contributed by atoms with Crippen molar-refractivity contribution in [2.45, 2.75) is 56.9 Å². The van der Waals surface area contributed by atoms with Gasteiger partial charge in [0.1, 0.15) is 12.3 Å². The molecule has 48 heavy (non-hydrogen) atoms. The Bertz CT molecular complexity index is 2220. The highest BCUT2D eigenvalue weighted by molar-refractivity contribution is 6.10. The Kier molecular flexibility index (Phi) is 6.14. The van der Waals surface area contributed by atoms with Crippen molar-refractivity contribution in [1.29, 1.82) is 0 Å². The molecule has 10 rings (SSSR count). The lowest BCUT2D eigenvalue weighted by Crippen LogP contribution is -2.40. The predicted octanol–water partition coefficient (Wildman–Crippen LogP) is 9.26. The lowest BCUT2D eigenvalue weighted by molar-refractivity contribution is 0.293. The van der Waals surface area contributed by atoms with Crippen LogP contribution in [0.15, 0.2) is 144 Å². The molecule has 0 radical (unpaired) electrons. The van der Waals surface area contributed by atoms with Crippen molar-refractivity contribution < 1.29 is 0 Å². The summed E-state index contributed by atoms with van der Waals surface area (Å²) in [5.41, 5.74) is 10.3. The Hall–Kier alpha value is -5.29. The number of rotatable bonds is 4. The van der Waals surface area contributed by atoms with Gasteiger partial charge in [-0.05, 0) is 85.7 Å². The summed E-state index contributed by atoms with van der Waals surface area (Å²) in [6, 6.07) is 25.5. The molecule has 4 aromatic rings. The van der Waals surface area contributed by atoms with E-state index >= 15 is 0 Å². The number of aliphatic imine (C=N–C) groups is 1. The first kappa shape index (κ1) is 27.8. The molecule has 0 spiro atoms. The molecule has 0 amide bonds. The number of hydrogen-bond acceptors (Lipinski definition) is 4. The topological polar surface area (TPSA) is 35.8 Å². The van der Waals surface area contributed by atoms with Crippen molar-refractivity contribution in [3.8, 4) is 0 Å². The number of fused-ring (bicyclic) bond motifs is 7. The third-order valence-electron chi connectivity index (χ3n) is 11.5. The standard InChI is InChI=1S/C43H39N5/c1-43-24-10-25-44-42(43)48(39-17-8-6-15-36(39)43)32-21-18-29(19-22-32)37-28-46-26-9-14-33(41(46)45-37)30-20-23-35-34-13-5-7-16-38(34)47(40(35)27-30)31-11-3-2-4-12-31/h2-3,5-11,13,15-16,18-28,33,39,41-42,45H,4,12,14,17H2,1H3/t33?,39-,41?,42?,43?/m0/s1. The number of dihydropyridines is 1. The van der Waals surface area contributed by atoms with Crippen molar-refractivity contribution in [1.82, 2.24) is 14.8 Å². The number of benzene rings is 3. The molecule has 5 nitrogen and oxygen atoms in total. The molecule has 2 aliphatic carbocycles. The zero-order valence-electron chi connectivity index (χ0n) is 27.2. The zero-order chi connectivity index (χ0) is 31.8. The van der Waals surface area contributed by atoms with Gasteiger partial charge in [-0.25, -0.2) is 0 Å². The Morgan fingerprint density at radius 3 is 2.62 bits per heavy atom. The Morgan fingerprint density at radius 1 is 0.854 bits per heavy atom. The maximum Gasteiger partial charge on any atom is 0.134 e. The van der Waals surface area contributed by atoms with E-state index in [1.54, 1.807) is 0 Å². The number of anilines is 1. The van der Waals surface area contributed by atoms with Gasteiger partial charge in [-0.1, -0.05) is 85.0 Å². The highest BCUT2D eigenvalue weighted by atomic mass is 15.3. The average Bonchev–Trinajstić information content (AvgIpc) is 3.80. The Morgan fingerprint density at radius 2 is 1.73 bits per heavy atom. The van der Waals surface area contributed by atoms with Crippen LogP contribution >= 0.6 is 0 Å². The van der Waals surface area contributed by atoms with E-state index in [0.29, 0.717) is 12.0 Å². The van der Waals surface area contributed by atoms with Crippen LogP contribution in [-0.4, -0.2) is 34.1 Å². The van der Waals surface area contributed by atoms with Gasteiger partial charge in [0.25, 0.3) is 0 Å². The molecular weight excluding hydrogens is 587 g/mol. The fourth-order valence-corrected chi connectivity index (χ4v) is 9.13. The summed E-state index contributed by atoms with van der Waals surface area (Å²) in [6.45, 7) is 2.34. The van der Waals surface area contributed by atoms with Gasteiger partial charge in [0, 0.05) is 52.1 Å². The van der Waals surface area contributed by atoms with Crippen molar-refractivity contribution in [3.63, 3.8) is 0 Å². The van der Waals surface area contributed by atoms with E-state index in [1.165, 1.54) is 55.6 Å². The average molecular weight is 626 g/mol. The molecule has 6 aliphatic rings. The van der Waals surface area contributed by atoms with Gasteiger partial charge in [-0.15, -0.1) is 0 Å². The van der Waals surface area contributed by atoms with Crippen LogP contribution in [0.5, 0.6) is 0 Å². The van der Waals surface area contributed by atoms with Crippen LogP contribution in [0.4, 0.5) is 5.69 Å². The molecule has 236 valence electrons. The number of allylic oxidation sites excluding steroid dienone is 8. The highest BCUT2D eigenvalue weighted by Gasteiger charge is 2.52. The fourth-order valence-electron chi connectivity index (χ4n) is 9.13. The third-order valence-corrected chi connectivity index (χ3v) is 11.5.